The quantitative estimate of drug-likeness (QED) is 0.341. The van der Waals surface area contributed by atoms with Crippen molar-refractivity contribution >= 4 is 11.7 Å². The fourth-order valence-electron chi connectivity index (χ4n) is 4.11. The molecule has 0 bridgehead atoms. The lowest BCUT2D eigenvalue weighted by atomic mass is 9.95. The minimum absolute atomic E-state index is 0.0148. The van der Waals surface area contributed by atoms with Crippen molar-refractivity contribution in [3.05, 3.63) is 39.9 Å². The first-order valence-corrected chi connectivity index (χ1v) is 9.81. The van der Waals surface area contributed by atoms with Crippen molar-refractivity contribution in [1.29, 1.82) is 0 Å². The average Bonchev–Trinajstić information content (AvgIpc) is 2.88. The first kappa shape index (κ1) is 18.8. The minimum Gasteiger partial charge on any atom is -0.458 e. The monoisotopic (exact) mass is 360 g/mol. The molecule has 0 N–H and O–H groups in total. The van der Waals surface area contributed by atoms with Crippen LogP contribution in [0.5, 0.6) is 0 Å². The number of esters is 1. The van der Waals surface area contributed by atoms with Crippen LogP contribution < -0.4 is 0 Å². The smallest absolute Gasteiger partial charge is 0.338 e. The third-order valence-corrected chi connectivity index (χ3v) is 5.60. The lowest BCUT2D eigenvalue weighted by Gasteiger charge is -2.33. The first-order valence-electron chi connectivity index (χ1n) is 9.81. The third-order valence-electron chi connectivity index (χ3n) is 5.60. The zero-order valence-electron chi connectivity index (χ0n) is 15.3. The summed E-state index contributed by atoms with van der Waals surface area (Å²) in [6, 6.07) is 5.68. The van der Waals surface area contributed by atoms with Crippen LogP contribution in [0, 0.1) is 16.0 Å². The van der Waals surface area contributed by atoms with Crippen LogP contribution in [-0.2, 0) is 4.74 Å². The van der Waals surface area contributed by atoms with E-state index in [4.69, 9.17) is 4.74 Å². The Hall–Kier alpha value is -1.95. The Balaban J connectivity index is 1.63. The van der Waals surface area contributed by atoms with Crippen molar-refractivity contribution in [2.24, 2.45) is 5.92 Å². The van der Waals surface area contributed by atoms with Crippen molar-refractivity contribution < 1.29 is 14.5 Å². The van der Waals surface area contributed by atoms with E-state index < -0.39 is 4.92 Å². The Bertz CT molecular complexity index is 611. The number of ether oxygens (including phenoxy) is 1. The summed E-state index contributed by atoms with van der Waals surface area (Å²) in [6.45, 7) is 3.32. The predicted molar refractivity (Wildman–Crippen MR) is 99.2 cm³/mol. The van der Waals surface area contributed by atoms with Crippen molar-refractivity contribution in [2.75, 3.05) is 19.6 Å². The molecule has 6 nitrogen and oxygen atoms in total. The summed E-state index contributed by atoms with van der Waals surface area (Å²) in [4.78, 5) is 25.3. The van der Waals surface area contributed by atoms with Gasteiger partial charge in [-0.2, -0.15) is 0 Å². The van der Waals surface area contributed by atoms with E-state index >= 15 is 0 Å². The molecule has 1 aromatic rings. The number of piperidine rings is 1. The van der Waals surface area contributed by atoms with Crippen LogP contribution in [0.4, 0.5) is 5.69 Å². The van der Waals surface area contributed by atoms with E-state index in [1.54, 1.807) is 0 Å². The van der Waals surface area contributed by atoms with Gasteiger partial charge in [0.25, 0.3) is 5.69 Å². The molecule has 0 radical (unpaired) electrons. The zero-order chi connectivity index (χ0) is 18.4. The van der Waals surface area contributed by atoms with Gasteiger partial charge in [-0.1, -0.05) is 19.3 Å². The van der Waals surface area contributed by atoms with E-state index in [0.717, 1.165) is 38.9 Å². The molecule has 142 valence electrons. The van der Waals surface area contributed by atoms with Crippen LogP contribution in [0.2, 0.25) is 0 Å². The summed E-state index contributed by atoms with van der Waals surface area (Å²) in [5.74, 6) is 0.0213. The summed E-state index contributed by atoms with van der Waals surface area (Å²) >= 11 is 0. The van der Waals surface area contributed by atoms with Crippen LogP contribution in [-0.4, -0.2) is 41.5 Å². The van der Waals surface area contributed by atoms with E-state index in [-0.39, 0.29) is 17.8 Å². The lowest BCUT2D eigenvalue weighted by Crippen LogP contribution is -2.39. The van der Waals surface area contributed by atoms with Gasteiger partial charge in [-0.3, -0.25) is 10.1 Å². The molecule has 1 aromatic carbocycles. The molecule has 2 fully saturated rings. The number of nitro groups is 1. The van der Waals surface area contributed by atoms with Gasteiger partial charge in [0.2, 0.25) is 0 Å². The molecule has 1 saturated carbocycles. The molecule has 1 saturated heterocycles. The number of nitrogens with zero attached hydrogens (tertiary/aromatic N) is 2. The van der Waals surface area contributed by atoms with Crippen molar-refractivity contribution in [3.8, 4) is 0 Å². The highest BCUT2D eigenvalue weighted by atomic mass is 16.6. The van der Waals surface area contributed by atoms with Crippen LogP contribution in [0.25, 0.3) is 0 Å². The molecule has 0 spiro atoms. The second-order valence-corrected chi connectivity index (χ2v) is 7.51. The molecule has 2 unspecified atom stereocenters. The predicted octanol–water partition coefficient (Wildman–Crippen LogP) is 4.19. The van der Waals surface area contributed by atoms with Gasteiger partial charge in [-0.25, -0.2) is 4.79 Å². The number of nitro benzene ring substituents is 1. The molecular formula is C20H28N2O4. The Labute approximate surface area is 154 Å². The van der Waals surface area contributed by atoms with E-state index in [9.17, 15) is 14.9 Å². The summed E-state index contributed by atoms with van der Waals surface area (Å²) in [5, 5.41) is 10.8. The Morgan fingerprint density at radius 2 is 1.69 bits per heavy atom. The first-order chi connectivity index (χ1) is 12.6. The number of carbonyl (C=O) groups is 1. The standard InChI is InChI=1S/C20H28N2O4/c23-20(16-9-11-18(12-10-16)22(24)25)26-19-8-4-1-3-7-17(19)15-21-13-5-2-6-14-21/h9-12,17,19H,1-8,13-15H2. The second kappa shape index (κ2) is 9.12. The lowest BCUT2D eigenvalue weighted by molar-refractivity contribution is -0.384. The molecular weight excluding hydrogens is 332 g/mol. The minimum atomic E-state index is -0.463. The highest BCUT2D eigenvalue weighted by Gasteiger charge is 2.29. The average molecular weight is 360 g/mol. The maximum atomic E-state index is 12.5. The number of non-ortho nitro benzene ring substituents is 1. The molecule has 2 atom stereocenters. The summed E-state index contributed by atoms with van der Waals surface area (Å²) < 4.78 is 5.88. The maximum absolute atomic E-state index is 12.5. The van der Waals surface area contributed by atoms with Gasteiger partial charge in [0.15, 0.2) is 0 Å². The third kappa shape index (κ3) is 5.04. The van der Waals surface area contributed by atoms with Crippen molar-refractivity contribution in [3.63, 3.8) is 0 Å². The Morgan fingerprint density at radius 3 is 2.38 bits per heavy atom. The zero-order valence-corrected chi connectivity index (χ0v) is 15.3. The van der Waals surface area contributed by atoms with Crippen LogP contribution in [0.3, 0.4) is 0 Å². The van der Waals surface area contributed by atoms with E-state index in [2.05, 4.69) is 4.90 Å². The number of carbonyl (C=O) groups excluding carboxylic acids is 1. The van der Waals surface area contributed by atoms with Gasteiger partial charge in [0.1, 0.15) is 6.10 Å². The van der Waals surface area contributed by atoms with Crippen molar-refractivity contribution in [1.82, 2.24) is 4.90 Å². The van der Waals surface area contributed by atoms with Gasteiger partial charge < -0.3 is 9.64 Å². The SMILES string of the molecule is O=C(OC1CCCCCC1CN1CCCCC1)c1ccc([N+](=O)[O-])cc1. The van der Waals surface area contributed by atoms with E-state index in [1.807, 2.05) is 0 Å². The Morgan fingerprint density at radius 1 is 1.04 bits per heavy atom. The number of benzene rings is 1. The van der Waals surface area contributed by atoms with E-state index in [0.29, 0.717) is 11.5 Å². The molecule has 0 aromatic heterocycles. The number of hydrogen-bond donors (Lipinski definition) is 0. The van der Waals surface area contributed by atoms with Gasteiger partial charge in [-0.05, 0) is 57.3 Å². The largest absolute Gasteiger partial charge is 0.458 e. The summed E-state index contributed by atoms with van der Waals surface area (Å²) in [7, 11) is 0. The highest BCUT2D eigenvalue weighted by Crippen LogP contribution is 2.28. The Kier molecular flexibility index (Phi) is 6.61. The van der Waals surface area contributed by atoms with Gasteiger partial charge >= 0.3 is 5.97 Å². The summed E-state index contributed by atoms with van der Waals surface area (Å²) in [5.41, 5.74) is 0.371. The van der Waals surface area contributed by atoms with Crippen LogP contribution in [0.1, 0.15) is 61.7 Å². The van der Waals surface area contributed by atoms with Crippen LogP contribution in [0.15, 0.2) is 24.3 Å². The molecule has 0 amide bonds. The molecule has 1 aliphatic carbocycles. The molecule has 6 heteroatoms. The highest BCUT2D eigenvalue weighted by molar-refractivity contribution is 5.89. The maximum Gasteiger partial charge on any atom is 0.338 e. The summed E-state index contributed by atoms with van der Waals surface area (Å²) in [6.07, 6.45) is 9.30. The molecule has 26 heavy (non-hydrogen) atoms. The van der Waals surface area contributed by atoms with Gasteiger partial charge in [-0.15, -0.1) is 0 Å². The van der Waals surface area contributed by atoms with Gasteiger partial charge in [0.05, 0.1) is 10.5 Å². The number of rotatable bonds is 5. The second-order valence-electron chi connectivity index (χ2n) is 7.51. The molecule has 1 heterocycles. The normalized spacial score (nSPS) is 24.6. The fraction of sp³-hybridized carbons (Fsp3) is 0.650. The van der Waals surface area contributed by atoms with Crippen LogP contribution >= 0.6 is 0 Å². The van der Waals surface area contributed by atoms with Crippen molar-refractivity contribution in [2.45, 2.75) is 57.5 Å². The van der Waals surface area contributed by atoms with E-state index in [1.165, 1.54) is 56.4 Å². The molecule has 2 aliphatic rings. The molecule has 1 aliphatic heterocycles. The fourth-order valence-corrected chi connectivity index (χ4v) is 4.11. The number of likely N-dealkylation sites (tertiary alicyclic amines) is 1. The number of hydrogen-bond acceptors (Lipinski definition) is 5. The topological polar surface area (TPSA) is 72.7 Å². The molecule has 3 rings (SSSR count). The van der Waals surface area contributed by atoms with Gasteiger partial charge in [0, 0.05) is 24.6 Å².